The van der Waals surface area contributed by atoms with Gasteiger partial charge < -0.3 is 0 Å². The van der Waals surface area contributed by atoms with Crippen LogP contribution in [-0.4, -0.2) is 9.78 Å². The molecule has 0 aliphatic heterocycles. The van der Waals surface area contributed by atoms with Crippen molar-refractivity contribution in [1.29, 1.82) is 5.26 Å². The van der Waals surface area contributed by atoms with E-state index < -0.39 is 11.7 Å². The lowest BCUT2D eigenvalue weighted by atomic mass is 10.2. The molecule has 0 bridgehead atoms. The van der Waals surface area contributed by atoms with Crippen LogP contribution in [0.4, 0.5) is 13.2 Å². The Morgan fingerprint density at radius 3 is 2.56 bits per heavy atom. The van der Waals surface area contributed by atoms with Gasteiger partial charge in [0.15, 0.2) is 0 Å². The number of hydrogen-bond donors (Lipinski definition) is 0. The fraction of sp³-hybridized carbons (Fsp3) is 0.0909. The van der Waals surface area contributed by atoms with E-state index in [1.165, 1.54) is 18.2 Å². The Kier molecular flexibility index (Phi) is 3.01. The Balaban J connectivity index is 2.44. The minimum Gasteiger partial charge on any atom is -0.239 e. The largest absolute Gasteiger partial charge is 0.419 e. The van der Waals surface area contributed by atoms with Gasteiger partial charge in [-0.2, -0.15) is 23.5 Å². The van der Waals surface area contributed by atoms with E-state index in [2.05, 4.69) is 5.10 Å². The number of aromatic nitrogens is 2. The van der Waals surface area contributed by atoms with Gasteiger partial charge in [-0.3, -0.25) is 0 Å². The Bertz CT molecular complexity index is 625. The third-order valence-corrected chi connectivity index (χ3v) is 2.54. The van der Waals surface area contributed by atoms with Crippen molar-refractivity contribution in [3.8, 4) is 11.8 Å². The Morgan fingerprint density at radius 2 is 2.06 bits per heavy atom. The predicted octanol–water partition coefficient (Wildman–Crippen LogP) is 3.42. The fourth-order valence-electron chi connectivity index (χ4n) is 1.36. The van der Waals surface area contributed by atoms with Crippen molar-refractivity contribution >= 4 is 11.6 Å². The summed E-state index contributed by atoms with van der Waals surface area (Å²) in [7, 11) is 0. The van der Waals surface area contributed by atoms with Gasteiger partial charge in [-0.05, 0) is 18.2 Å². The molecule has 0 amide bonds. The number of rotatable bonds is 1. The average molecular weight is 272 g/mol. The zero-order chi connectivity index (χ0) is 13.3. The third-order valence-electron chi connectivity index (χ3n) is 2.23. The number of nitriles is 1. The van der Waals surface area contributed by atoms with Crippen molar-refractivity contribution in [3.05, 3.63) is 46.7 Å². The minimum atomic E-state index is -4.45. The van der Waals surface area contributed by atoms with E-state index in [1.807, 2.05) is 6.07 Å². The summed E-state index contributed by atoms with van der Waals surface area (Å²) in [6.45, 7) is 0. The molecule has 0 radical (unpaired) electrons. The van der Waals surface area contributed by atoms with E-state index in [0.29, 0.717) is 11.8 Å². The highest BCUT2D eigenvalue weighted by Crippen LogP contribution is 2.30. The lowest BCUT2D eigenvalue weighted by Gasteiger charge is -2.04. The van der Waals surface area contributed by atoms with Gasteiger partial charge in [-0.25, -0.2) is 4.68 Å². The lowest BCUT2D eigenvalue weighted by Crippen LogP contribution is -2.03. The van der Waals surface area contributed by atoms with E-state index in [9.17, 15) is 13.2 Å². The van der Waals surface area contributed by atoms with Crippen LogP contribution in [0, 0.1) is 11.3 Å². The maximum Gasteiger partial charge on any atom is 0.419 e. The van der Waals surface area contributed by atoms with E-state index in [4.69, 9.17) is 16.9 Å². The Hall–Kier alpha value is -2.00. The first-order valence-electron chi connectivity index (χ1n) is 4.73. The van der Waals surface area contributed by atoms with Crippen LogP contribution in [0.25, 0.3) is 5.69 Å². The summed E-state index contributed by atoms with van der Waals surface area (Å²) >= 11 is 5.87. The van der Waals surface area contributed by atoms with Crippen LogP contribution in [-0.2, 0) is 6.18 Å². The van der Waals surface area contributed by atoms with E-state index >= 15 is 0 Å². The van der Waals surface area contributed by atoms with Crippen LogP contribution < -0.4 is 0 Å². The fourth-order valence-corrected chi connectivity index (χ4v) is 1.63. The van der Waals surface area contributed by atoms with E-state index in [1.54, 1.807) is 0 Å². The first-order valence-corrected chi connectivity index (χ1v) is 5.11. The minimum absolute atomic E-state index is 0.158. The highest BCUT2D eigenvalue weighted by Gasteiger charge is 2.32. The maximum absolute atomic E-state index is 12.4. The zero-order valence-corrected chi connectivity index (χ0v) is 9.50. The number of hydrogen-bond acceptors (Lipinski definition) is 2. The van der Waals surface area contributed by atoms with Crippen LogP contribution in [0.3, 0.4) is 0 Å². The molecule has 0 aliphatic carbocycles. The van der Waals surface area contributed by atoms with Gasteiger partial charge in [-0.1, -0.05) is 11.6 Å². The van der Waals surface area contributed by atoms with Gasteiger partial charge in [0.05, 0.1) is 34.1 Å². The molecular weight excluding hydrogens is 267 g/mol. The molecule has 92 valence electrons. The number of nitrogens with zero attached hydrogens (tertiary/aromatic N) is 3. The Labute approximate surface area is 105 Å². The smallest absolute Gasteiger partial charge is 0.239 e. The highest BCUT2D eigenvalue weighted by molar-refractivity contribution is 6.32. The third kappa shape index (κ3) is 2.31. The summed E-state index contributed by atoms with van der Waals surface area (Å²) in [6.07, 6.45) is -2.89. The van der Waals surface area contributed by atoms with Gasteiger partial charge in [-0.15, -0.1) is 0 Å². The number of alkyl halides is 3. The predicted molar refractivity (Wildman–Crippen MR) is 58.3 cm³/mol. The van der Waals surface area contributed by atoms with Gasteiger partial charge >= 0.3 is 6.18 Å². The maximum atomic E-state index is 12.4. The molecule has 0 saturated heterocycles. The first-order chi connectivity index (χ1) is 8.41. The molecule has 1 aromatic carbocycles. The van der Waals surface area contributed by atoms with Crippen molar-refractivity contribution in [2.75, 3.05) is 0 Å². The molecule has 1 aromatic heterocycles. The van der Waals surface area contributed by atoms with E-state index in [0.717, 1.165) is 10.9 Å². The molecule has 18 heavy (non-hydrogen) atoms. The topological polar surface area (TPSA) is 41.6 Å². The quantitative estimate of drug-likeness (QED) is 0.797. The number of halogens is 4. The molecule has 0 aliphatic rings. The number of benzene rings is 1. The summed E-state index contributed by atoms with van der Waals surface area (Å²) < 4.78 is 38.2. The van der Waals surface area contributed by atoms with Gasteiger partial charge in [0.2, 0.25) is 0 Å². The molecule has 2 rings (SSSR count). The normalized spacial score (nSPS) is 11.3. The van der Waals surface area contributed by atoms with Gasteiger partial charge in [0.1, 0.15) is 0 Å². The second-order valence-corrected chi connectivity index (χ2v) is 3.86. The molecule has 0 N–H and O–H groups in total. The van der Waals surface area contributed by atoms with Crippen LogP contribution in [0.15, 0.2) is 30.6 Å². The molecular formula is C11H5ClF3N3. The highest BCUT2D eigenvalue weighted by atomic mass is 35.5. The van der Waals surface area contributed by atoms with Gasteiger partial charge in [0.25, 0.3) is 0 Å². The molecule has 1 heterocycles. The molecule has 0 atom stereocenters. The molecule has 3 nitrogen and oxygen atoms in total. The monoisotopic (exact) mass is 271 g/mol. The summed E-state index contributed by atoms with van der Waals surface area (Å²) in [5.41, 5.74) is -0.249. The summed E-state index contributed by atoms with van der Waals surface area (Å²) in [5.74, 6) is 0. The summed E-state index contributed by atoms with van der Waals surface area (Å²) in [5, 5.41) is 12.4. The van der Waals surface area contributed by atoms with Gasteiger partial charge in [0, 0.05) is 6.20 Å². The average Bonchev–Trinajstić information content (AvgIpc) is 2.77. The van der Waals surface area contributed by atoms with Crippen LogP contribution in [0.2, 0.25) is 5.02 Å². The molecule has 0 saturated carbocycles. The Morgan fingerprint density at radius 1 is 1.33 bits per heavy atom. The summed E-state index contributed by atoms with van der Waals surface area (Å²) in [4.78, 5) is 0. The van der Waals surface area contributed by atoms with Crippen molar-refractivity contribution in [2.45, 2.75) is 6.18 Å². The van der Waals surface area contributed by atoms with Crippen LogP contribution in [0.5, 0.6) is 0 Å². The zero-order valence-electron chi connectivity index (χ0n) is 8.74. The van der Waals surface area contributed by atoms with Crippen molar-refractivity contribution in [1.82, 2.24) is 9.78 Å². The van der Waals surface area contributed by atoms with Crippen molar-refractivity contribution in [2.24, 2.45) is 0 Å². The molecule has 0 spiro atoms. The second kappa shape index (κ2) is 4.35. The van der Waals surface area contributed by atoms with Crippen molar-refractivity contribution in [3.63, 3.8) is 0 Å². The molecule has 0 fully saturated rings. The van der Waals surface area contributed by atoms with E-state index in [-0.39, 0.29) is 10.7 Å². The lowest BCUT2D eigenvalue weighted by molar-refractivity contribution is -0.137. The van der Waals surface area contributed by atoms with Crippen molar-refractivity contribution < 1.29 is 13.2 Å². The first kappa shape index (κ1) is 12.5. The second-order valence-electron chi connectivity index (χ2n) is 3.45. The molecule has 0 unspecified atom stereocenters. The van der Waals surface area contributed by atoms with Crippen LogP contribution >= 0.6 is 11.6 Å². The molecule has 2 aromatic rings. The standard InChI is InChI=1S/C11H5ClF3N3/c12-9-3-7(4-16)1-2-10(9)18-6-8(5-17-18)11(13,14)15/h1-3,5-6H. The SMILES string of the molecule is N#Cc1ccc(-n2cc(C(F)(F)F)cn2)c(Cl)c1. The van der Waals surface area contributed by atoms with Crippen LogP contribution in [0.1, 0.15) is 11.1 Å². The molecule has 7 heteroatoms. The summed E-state index contributed by atoms with van der Waals surface area (Å²) in [6, 6.07) is 6.14.